The van der Waals surface area contributed by atoms with Crippen LogP contribution >= 0.6 is 0 Å². The number of carbonyl (C=O) groups excluding carboxylic acids is 1. The van der Waals surface area contributed by atoms with Crippen molar-refractivity contribution in [2.75, 3.05) is 19.0 Å². The topological polar surface area (TPSA) is 61.8 Å². The fourth-order valence-electron chi connectivity index (χ4n) is 6.13. The Balaban J connectivity index is 1.66. The maximum Gasteiger partial charge on any atom is 0.335 e. The molecule has 1 aliphatic carbocycles. The molecular formula is C26H30N2O3. The van der Waals surface area contributed by atoms with E-state index in [0.29, 0.717) is 12.0 Å². The van der Waals surface area contributed by atoms with Gasteiger partial charge >= 0.3 is 5.97 Å². The van der Waals surface area contributed by atoms with Gasteiger partial charge in [-0.05, 0) is 36.5 Å². The normalized spacial score (nSPS) is 27.8. The van der Waals surface area contributed by atoms with Crippen LogP contribution in [0.1, 0.15) is 37.3 Å². The highest BCUT2D eigenvalue weighted by Gasteiger charge is 2.60. The Hall–Kier alpha value is -2.63. The number of hydrogen-bond acceptors (Lipinski definition) is 5. The molecule has 1 saturated heterocycles. The molecule has 5 rings (SSSR count). The van der Waals surface area contributed by atoms with Crippen LogP contribution in [0.15, 0.2) is 65.9 Å². The number of hydrogen-bond donors (Lipinski definition) is 2. The standard InChI is InChI=1S/C26H30N2O3/c1-3-21(29)18-15-22-26(13-14-28(22)16-17-9-5-4-6-10-17)19-11-7-8-12-20(19)27-24(26)23(18)25(30)31-2/h4-12,18,21-22,27,29H,3,13-16H2,1-2H3/t18-,21?,22-,26+/m0/s1. The monoisotopic (exact) mass is 418 g/mol. The Labute approximate surface area is 183 Å². The van der Waals surface area contributed by atoms with Crippen LogP contribution in [0, 0.1) is 5.92 Å². The molecule has 0 amide bonds. The Kier molecular flexibility index (Phi) is 5.11. The van der Waals surface area contributed by atoms with Crippen molar-refractivity contribution >= 4 is 11.7 Å². The second-order valence-electron chi connectivity index (χ2n) is 8.96. The number of ether oxygens (including phenoxy) is 1. The van der Waals surface area contributed by atoms with Gasteiger partial charge in [-0.3, -0.25) is 4.90 Å². The molecule has 2 aromatic carbocycles. The molecular weight excluding hydrogens is 388 g/mol. The van der Waals surface area contributed by atoms with Gasteiger partial charge in [0.15, 0.2) is 0 Å². The van der Waals surface area contributed by atoms with Gasteiger partial charge in [0, 0.05) is 36.4 Å². The van der Waals surface area contributed by atoms with Crippen molar-refractivity contribution in [2.24, 2.45) is 5.92 Å². The van der Waals surface area contributed by atoms with E-state index in [1.165, 1.54) is 18.2 Å². The lowest BCUT2D eigenvalue weighted by Crippen LogP contribution is -2.50. The fourth-order valence-corrected chi connectivity index (χ4v) is 6.13. The van der Waals surface area contributed by atoms with Gasteiger partial charge < -0.3 is 15.2 Å². The second-order valence-corrected chi connectivity index (χ2v) is 8.96. The van der Waals surface area contributed by atoms with E-state index in [2.05, 4.69) is 52.7 Å². The van der Waals surface area contributed by atoms with Gasteiger partial charge in [0.1, 0.15) is 0 Å². The zero-order valence-electron chi connectivity index (χ0n) is 18.2. The average molecular weight is 419 g/mol. The number of nitrogens with zero attached hydrogens (tertiary/aromatic N) is 1. The molecule has 3 aliphatic rings. The Morgan fingerprint density at radius 3 is 2.71 bits per heavy atom. The van der Waals surface area contributed by atoms with Gasteiger partial charge in [-0.2, -0.15) is 0 Å². The van der Waals surface area contributed by atoms with E-state index < -0.39 is 6.10 Å². The number of nitrogens with one attached hydrogen (secondary N) is 1. The lowest BCUT2D eigenvalue weighted by Gasteiger charge is -2.45. The Morgan fingerprint density at radius 2 is 1.97 bits per heavy atom. The molecule has 162 valence electrons. The van der Waals surface area contributed by atoms with E-state index in [1.54, 1.807) is 0 Å². The molecule has 2 aliphatic heterocycles. The molecule has 0 bridgehead atoms. The maximum absolute atomic E-state index is 13.0. The average Bonchev–Trinajstić information content (AvgIpc) is 3.34. The lowest BCUT2D eigenvalue weighted by molar-refractivity contribution is -0.137. The third-order valence-electron chi connectivity index (χ3n) is 7.55. The molecule has 5 nitrogen and oxygen atoms in total. The van der Waals surface area contributed by atoms with Crippen LogP contribution in [0.25, 0.3) is 0 Å². The number of rotatable bonds is 5. The third kappa shape index (κ3) is 3.02. The summed E-state index contributed by atoms with van der Waals surface area (Å²) in [5.41, 5.74) is 4.93. The van der Waals surface area contributed by atoms with Crippen molar-refractivity contribution in [3.63, 3.8) is 0 Å². The van der Waals surface area contributed by atoms with Crippen molar-refractivity contribution in [3.05, 3.63) is 77.0 Å². The van der Waals surface area contributed by atoms with Crippen LogP contribution in [-0.4, -0.2) is 41.8 Å². The lowest BCUT2D eigenvalue weighted by atomic mass is 9.63. The first kappa shape index (κ1) is 20.3. The Morgan fingerprint density at radius 1 is 1.23 bits per heavy atom. The molecule has 0 radical (unpaired) electrons. The van der Waals surface area contributed by atoms with Crippen LogP contribution in [0.3, 0.4) is 0 Å². The van der Waals surface area contributed by atoms with E-state index in [9.17, 15) is 9.90 Å². The van der Waals surface area contributed by atoms with Crippen molar-refractivity contribution in [1.29, 1.82) is 0 Å². The van der Waals surface area contributed by atoms with E-state index in [-0.39, 0.29) is 23.3 Å². The summed E-state index contributed by atoms with van der Waals surface area (Å²) in [6.07, 6.45) is 1.71. The molecule has 1 fully saturated rings. The van der Waals surface area contributed by atoms with Crippen LogP contribution < -0.4 is 5.32 Å². The van der Waals surface area contributed by atoms with E-state index in [4.69, 9.17) is 4.74 Å². The summed E-state index contributed by atoms with van der Waals surface area (Å²) in [4.78, 5) is 15.5. The molecule has 1 unspecified atom stereocenters. The van der Waals surface area contributed by atoms with Crippen molar-refractivity contribution < 1.29 is 14.6 Å². The minimum atomic E-state index is -0.579. The molecule has 2 N–H and O–H groups in total. The quantitative estimate of drug-likeness (QED) is 0.723. The minimum absolute atomic E-state index is 0.207. The predicted molar refractivity (Wildman–Crippen MR) is 120 cm³/mol. The zero-order valence-corrected chi connectivity index (χ0v) is 18.2. The van der Waals surface area contributed by atoms with Crippen LogP contribution in [0.5, 0.6) is 0 Å². The fraction of sp³-hybridized carbons (Fsp3) is 0.423. The maximum atomic E-state index is 13.0. The van der Waals surface area contributed by atoms with Crippen molar-refractivity contribution in [1.82, 2.24) is 4.90 Å². The molecule has 31 heavy (non-hydrogen) atoms. The summed E-state index contributed by atoms with van der Waals surface area (Å²) in [6.45, 7) is 3.78. The van der Waals surface area contributed by atoms with Gasteiger partial charge in [0.05, 0.1) is 24.2 Å². The predicted octanol–water partition coefficient (Wildman–Crippen LogP) is 3.84. The van der Waals surface area contributed by atoms with E-state index in [0.717, 1.165) is 37.3 Å². The van der Waals surface area contributed by atoms with Gasteiger partial charge in [-0.25, -0.2) is 4.79 Å². The minimum Gasteiger partial charge on any atom is -0.466 e. The van der Waals surface area contributed by atoms with Crippen LogP contribution in [0.2, 0.25) is 0 Å². The molecule has 1 spiro atoms. The number of esters is 1. The highest BCUT2D eigenvalue weighted by Crippen LogP contribution is 2.59. The highest BCUT2D eigenvalue weighted by molar-refractivity contribution is 5.93. The summed E-state index contributed by atoms with van der Waals surface area (Å²) >= 11 is 0. The molecule has 0 saturated carbocycles. The third-order valence-corrected chi connectivity index (χ3v) is 7.55. The number of methoxy groups -OCH3 is 1. The summed E-state index contributed by atoms with van der Waals surface area (Å²) in [6, 6.07) is 19.2. The smallest absolute Gasteiger partial charge is 0.335 e. The number of anilines is 1. The van der Waals surface area contributed by atoms with Crippen molar-refractivity contribution in [2.45, 2.75) is 50.3 Å². The molecule has 2 aromatic rings. The first-order valence-electron chi connectivity index (χ1n) is 11.3. The first-order valence-corrected chi connectivity index (χ1v) is 11.3. The number of likely N-dealkylation sites (tertiary alicyclic amines) is 1. The number of carbonyl (C=O) groups is 1. The largest absolute Gasteiger partial charge is 0.466 e. The van der Waals surface area contributed by atoms with Gasteiger partial charge in [0.2, 0.25) is 0 Å². The number of para-hydroxylation sites is 1. The summed E-state index contributed by atoms with van der Waals surface area (Å²) in [5.74, 6) is -0.573. The van der Waals surface area contributed by atoms with E-state index in [1.807, 2.05) is 19.1 Å². The van der Waals surface area contributed by atoms with Crippen LogP contribution in [-0.2, 0) is 21.5 Å². The Bertz CT molecular complexity index is 1020. The zero-order chi connectivity index (χ0) is 21.6. The van der Waals surface area contributed by atoms with Gasteiger partial charge in [0.25, 0.3) is 0 Å². The number of aliphatic hydroxyl groups excluding tert-OH is 1. The first-order chi connectivity index (χ1) is 15.1. The van der Waals surface area contributed by atoms with Gasteiger partial charge in [-0.1, -0.05) is 55.5 Å². The molecule has 5 heteroatoms. The number of benzene rings is 2. The number of aliphatic hydroxyl groups is 1. The second kappa shape index (κ2) is 7.81. The highest BCUT2D eigenvalue weighted by atomic mass is 16.5. The van der Waals surface area contributed by atoms with Crippen molar-refractivity contribution in [3.8, 4) is 0 Å². The molecule has 2 heterocycles. The number of fused-ring (bicyclic) bond motifs is 1. The molecule has 0 aromatic heterocycles. The van der Waals surface area contributed by atoms with Crippen LogP contribution in [0.4, 0.5) is 5.69 Å². The SMILES string of the molecule is CCC(O)[C@@H]1C[C@@H]2N(Cc3ccccc3)CC[C@]23C(=C1C(=O)OC)Nc1ccccc13. The summed E-state index contributed by atoms with van der Waals surface area (Å²) in [7, 11) is 1.43. The van der Waals surface area contributed by atoms with Gasteiger partial charge in [-0.15, -0.1) is 0 Å². The molecule has 4 atom stereocenters. The van der Waals surface area contributed by atoms with E-state index >= 15 is 0 Å². The summed E-state index contributed by atoms with van der Waals surface area (Å²) < 4.78 is 5.23. The summed E-state index contributed by atoms with van der Waals surface area (Å²) in [5, 5.41) is 14.5.